The molecule has 2 bridgehead atoms. The Morgan fingerprint density at radius 3 is 1.87 bits per heavy atom. The molecule has 0 spiro atoms. The molecule has 218 valence electrons. The highest BCUT2D eigenvalue weighted by Crippen LogP contribution is 2.54. The van der Waals surface area contributed by atoms with Crippen molar-refractivity contribution in [2.45, 2.75) is 104 Å². The van der Waals surface area contributed by atoms with Crippen molar-refractivity contribution in [2.75, 3.05) is 19.6 Å². The van der Waals surface area contributed by atoms with Crippen LogP contribution >= 0.6 is 0 Å². The van der Waals surface area contributed by atoms with Gasteiger partial charge in [0.15, 0.2) is 0 Å². The molecular weight excluding hydrogens is 504 g/mol. The van der Waals surface area contributed by atoms with Crippen LogP contribution in [0.4, 0.5) is 9.59 Å². The fourth-order valence-electron chi connectivity index (χ4n) is 5.93. The Morgan fingerprint density at radius 1 is 0.821 bits per heavy atom. The minimum absolute atomic E-state index is 0.0175. The maximum absolute atomic E-state index is 13.1. The molecule has 10 nitrogen and oxygen atoms in total. The van der Waals surface area contributed by atoms with Crippen LogP contribution in [0.15, 0.2) is 11.8 Å². The first-order valence-electron chi connectivity index (χ1n) is 14.1. The molecule has 0 unspecified atom stereocenters. The van der Waals surface area contributed by atoms with Gasteiger partial charge in [0.1, 0.15) is 29.3 Å². The Balaban J connectivity index is 1.22. The molecule has 0 N–H and O–H groups in total. The molecule has 39 heavy (non-hydrogen) atoms. The molecule has 2 aliphatic carbocycles. The fraction of sp³-hybridized carbons (Fsp3) is 0.793. The van der Waals surface area contributed by atoms with Crippen molar-refractivity contribution in [3.63, 3.8) is 0 Å². The topological polar surface area (TPSA) is 112 Å². The number of nitrogens with zero attached hydrogens (tertiary/aromatic N) is 2. The first-order chi connectivity index (χ1) is 18.0. The third kappa shape index (κ3) is 6.52. The van der Waals surface area contributed by atoms with Crippen molar-refractivity contribution in [1.29, 1.82) is 0 Å². The van der Waals surface area contributed by atoms with Crippen LogP contribution in [0.25, 0.3) is 0 Å². The number of carbonyl (C=O) groups is 4. The van der Waals surface area contributed by atoms with Crippen LogP contribution in [0.5, 0.6) is 0 Å². The van der Waals surface area contributed by atoms with Crippen molar-refractivity contribution in [3.8, 4) is 0 Å². The molecule has 0 aromatic heterocycles. The zero-order chi connectivity index (χ0) is 28.9. The Labute approximate surface area is 231 Å². The lowest BCUT2D eigenvalue weighted by molar-refractivity contribution is -0.164. The highest BCUT2D eigenvalue weighted by atomic mass is 16.6. The Bertz CT molecular complexity index is 1030. The van der Waals surface area contributed by atoms with Gasteiger partial charge in [-0.3, -0.25) is 14.5 Å². The quantitative estimate of drug-likeness (QED) is 0.368. The number of hydrogen-bond donors (Lipinski definition) is 0. The van der Waals surface area contributed by atoms with Crippen LogP contribution in [0.3, 0.4) is 0 Å². The molecule has 3 heterocycles. The van der Waals surface area contributed by atoms with Gasteiger partial charge < -0.3 is 23.8 Å². The Morgan fingerprint density at radius 2 is 1.33 bits per heavy atom. The zero-order valence-corrected chi connectivity index (χ0v) is 24.6. The highest BCUT2D eigenvalue weighted by Gasteiger charge is 2.60. The summed E-state index contributed by atoms with van der Waals surface area (Å²) in [4.78, 5) is 54.1. The minimum atomic E-state index is -0.614. The summed E-state index contributed by atoms with van der Waals surface area (Å²) in [6.07, 6.45) is 3.03. The lowest BCUT2D eigenvalue weighted by atomic mass is 9.70. The van der Waals surface area contributed by atoms with Crippen LogP contribution in [-0.4, -0.2) is 77.0 Å². The van der Waals surface area contributed by atoms with Gasteiger partial charge in [0.05, 0.1) is 5.92 Å². The van der Waals surface area contributed by atoms with E-state index in [1.54, 1.807) is 9.80 Å². The normalized spacial score (nSPS) is 32.2. The molecule has 0 aromatic carbocycles. The third-order valence-corrected chi connectivity index (χ3v) is 7.85. The second kappa shape index (κ2) is 10.3. The number of hydrogen-bond acceptors (Lipinski definition) is 8. The van der Waals surface area contributed by atoms with Crippen LogP contribution in [-0.2, 0) is 28.5 Å². The maximum atomic E-state index is 13.1. The molecule has 5 rings (SSSR count). The van der Waals surface area contributed by atoms with E-state index in [0.717, 1.165) is 0 Å². The summed E-state index contributed by atoms with van der Waals surface area (Å²) in [5.74, 6) is -1.48. The summed E-state index contributed by atoms with van der Waals surface area (Å²) in [5.41, 5.74) is -0.991. The third-order valence-electron chi connectivity index (χ3n) is 7.85. The molecule has 10 heteroatoms. The van der Waals surface area contributed by atoms with E-state index in [-0.39, 0.29) is 42.5 Å². The van der Waals surface area contributed by atoms with E-state index in [0.29, 0.717) is 44.5 Å². The lowest BCUT2D eigenvalue weighted by Crippen LogP contribution is -2.40. The van der Waals surface area contributed by atoms with Gasteiger partial charge in [0, 0.05) is 30.7 Å². The van der Waals surface area contributed by atoms with Crippen molar-refractivity contribution < 1.29 is 38.1 Å². The first kappa shape index (κ1) is 29.2. The highest BCUT2D eigenvalue weighted by molar-refractivity contribution is 5.85. The molecule has 0 aromatic rings. The predicted molar refractivity (Wildman–Crippen MR) is 141 cm³/mol. The summed E-state index contributed by atoms with van der Waals surface area (Å²) >= 11 is 0. The number of ether oxygens (including phenoxy) is 4. The number of fused-ring (bicyclic) bond motifs is 1. The molecule has 4 atom stereocenters. The number of amides is 2. The summed E-state index contributed by atoms with van der Waals surface area (Å²) in [5, 5.41) is 0. The van der Waals surface area contributed by atoms with E-state index in [1.807, 2.05) is 61.5 Å². The summed E-state index contributed by atoms with van der Waals surface area (Å²) in [6.45, 7) is 15.9. The fourth-order valence-corrected chi connectivity index (χ4v) is 5.93. The second-order valence-corrected chi connectivity index (χ2v) is 13.8. The maximum Gasteiger partial charge on any atom is 0.414 e. The van der Waals surface area contributed by atoms with Gasteiger partial charge in [-0.05, 0) is 73.1 Å². The van der Waals surface area contributed by atoms with E-state index < -0.39 is 34.7 Å². The number of likely N-dealkylation sites (tertiary alicyclic amines) is 1. The van der Waals surface area contributed by atoms with E-state index in [2.05, 4.69) is 0 Å². The van der Waals surface area contributed by atoms with Crippen LogP contribution < -0.4 is 0 Å². The summed E-state index contributed by atoms with van der Waals surface area (Å²) in [7, 11) is 0. The number of rotatable bonds is 4. The van der Waals surface area contributed by atoms with Crippen LogP contribution in [0.2, 0.25) is 0 Å². The van der Waals surface area contributed by atoms with Crippen molar-refractivity contribution >= 4 is 24.1 Å². The van der Waals surface area contributed by atoms with Crippen molar-refractivity contribution in [3.05, 3.63) is 11.8 Å². The van der Waals surface area contributed by atoms with E-state index in [1.165, 1.54) is 0 Å². The van der Waals surface area contributed by atoms with Crippen molar-refractivity contribution in [2.24, 2.45) is 23.2 Å². The number of carbonyl (C=O) groups excluding carboxylic acids is 4. The molecule has 1 saturated carbocycles. The van der Waals surface area contributed by atoms with Gasteiger partial charge in [-0.2, -0.15) is 0 Å². The van der Waals surface area contributed by atoms with Gasteiger partial charge in [0.25, 0.3) is 0 Å². The van der Waals surface area contributed by atoms with Crippen LogP contribution in [0, 0.1) is 23.2 Å². The molecule has 3 fully saturated rings. The van der Waals surface area contributed by atoms with Gasteiger partial charge in [-0.15, -0.1) is 0 Å². The average Bonchev–Trinajstić information content (AvgIpc) is 3.42. The summed E-state index contributed by atoms with van der Waals surface area (Å²) in [6, 6.07) is 0. The van der Waals surface area contributed by atoms with E-state index in [9.17, 15) is 19.2 Å². The SMILES string of the molecule is C[C@H]1CN(C(=O)OC(C)(C)C)C[C@H]1C(=O)OC1CCC(OC(=O)[C@@H]2C3=C[C@]2(C)CN3C(=O)OC(C)(C)C)CC1. The summed E-state index contributed by atoms with van der Waals surface area (Å²) < 4.78 is 22.6. The molecule has 5 aliphatic rings. The van der Waals surface area contributed by atoms with Crippen molar-refractivity contribution in [1.82, 2.24) is 9.80 Å². The Hall–Kier alpha value is -2.78. The van der Waals surface area contributed by atoms with Crippen LogP contribution in [0.1, 0.15) is 81.1 Å². The standard InChI is InChI=1S/C29H44N2O8/c1-17-14-30(25(34)38-27(2,3)4)15-20(17)23(32)36-18-9-11-19(12-10-18)37-24(33)22-21-13-29(22,8)16-31(21)26(35)39-28(5,6)7/h13,17-20,22H,9-12,14-16H2,1-8H3/t17-,18?,19?,20+,22-,29+/m0/s1. The molecule has 3 aliphatic heterocycles. The van der Waals surface area contributed by atoms with E-state index in [4.69, 9.17) is 18.9 Å². The molecular formula is C29H44N2O8. The van der Waals surface area contributed by atoms with Gasteiger partial charge in [0.2, 0.25) is 0 Å². The first-order valence-corrected chi connectivity index (χ1v) is 14.1. The Kier molecular flexibility index (Phi) is 7.73. The van der Waals surface area contributed by atoms with Gasteiger partial charge in [-0.1, -0.05) is 19.9 Å². The number of esters is 2. The molecule has 2 saturated heterocycles. The smallest absolute Gasteiger partial charge is 0.414 e. The minimum Gasteiger partial charge on any atom is -0.462 e. The van der Waals surface area contributed by atoms with Gasteiger partial charge in [-0.25, -0.2) is 9.59 Å². The monoisotopic (exact) mass is 548 g/mol. The second-order valence-electron chi connectivity index (χ2n) is 13.8. The lowest BCUT2D eigenvalue weighted by Gasteiger charge is -2.35. The molecule has 2 amide bonds. The average molecular weight is 549 g/mol. The van der Waals surface area contributed by atoms with E-state index >= 15 is 0 Å². The largest absolute Gasteiger partial charge is 0.462 e. The van der Waals surface area contributed by atoms with Gasteiger partial charge >= 0.3 is 24.1 Å². The predicted octanol–water partition coefficient (Wildman–Crippen LogP) is 4.66. The zero-order valence-electron chi connectivity index (χ0n) is 24.6. The molecule has 0 radical (unpaired) electrons.